The molecule has 0 fully saturated rings. The summed E-state index contributed by atoms with van der Waals surface area (Å²) in [7, 11) is 0. The van der Waals surface area contributed by atoms with Crippen molar-refractivity contribution >= 4 is 11.6 Å². The SMILES string of the molecule is CCC(N)(CC)C(=O)Nc1ccc(CCO)cc1. The topological polar surface area (TPSA) is 75.4 Å². The molecule has 100 valence electrons. The molecule has 4 nitrogen and oxygen atoms in total. The van der Waals surface area contributed by atoms with E-state index in [1.165, 1.54) is 0 Å². The average molecular weight is 250 g/mol. The number of aliphatic hydroxyl groups is 1. The zero-order valence-corrected chi connectivity index (χ0v) is 11.1. The van der Waals surface area contributed by atoms with Gasteiger partial charge in [0, 0.05) is 12.3 Å². The van der Waals surface area contributed by atoms with Crippen LogP contribution in [-0.4, -0.2) is 23.2 Å². The molecule has 0 bridgehead atoms. The van der Waals surface area contributed by atoms with Crippen molar-refractivity contribution in [2.24, 2.45) is 5.73 Å². The second kappa shape index (κ2) is 6.52. The van der Waals surface area contributed by atoms with Crippen LogP contribution in [0.1, 0.15) is 32.3 Å². The molecule has 0 atom stereocenters. The van der Waals surface area contributed by atoms with Crippen LogP contribution in [0.3, 0.4) is 0 Å². The maximum absolute atomic E-state index is 12.0. The standard InChI is InChI=1S/C14H22N2O2/c1-3-14(15,4-2)13(18)16-12-7-5-11(6-8-12)9-10-17/h5-8,17H,3-4,9-10,15H2,1-2H3,(H,16,18). The van der Waals surface area contributed by atoms with Crippen molar-refractivity contribution in [2.75, 3.05) is 11.9 Å². The monoisotopic (exact) mass is 250 g/mol. The number of nitrogens with one attached hydrogen (secondary N) is 1. The molecule has 0 spiro atoms. The van der Waals surface area contributed by atoms with Crippen LogP contribution in [0.2, 0.25) is 0 Å². The largest absolute Gasteiger partial charge is 0.396 e. The Hall–Kier alpha value is -1.39. The third kappa shape index (κ3) is 3.55. The number of hydrogen-bond acceptors (Lipinski definition) is 3. The summed E-state index contributed by atoms with van der Waals surface area (Å²) in [6, 6.07) is 7.44. The lowest BCUT2D eigenvalue weighted by atomic mass is 9.93. The van der Waals surface area contributed by atoms with E-state index < -0.39 is 5.54 Å². The third-order valence-electron chi connectivity index (χ3n) is 3.33. The Morgan fingerprint density at radius 3 is 2.28 bits per heavy atom. The number of nitrogens with two attached hydrogens (primary N) is 1. The van der Waals surface area contributed by atoms with Gasteiger partial charge in [0.15, 0.2) is 0 Å². The summed E-state index contributed by atoms with van der Waals surface area (Å²) in [4.78, 5) is 12.0. The minimum atomic E-state index is -0.802. The fraction of sp³-hybridized carbons (Fsp3) is 0.500. The summed E-state index contributed by atoms with van der Waals surface area (Å²) in [5, 5.41) is 11.6. The van der Waals surface area contributed by atoms with Gasteiger partial charge in [0.1, 0.15) is 0 Å². The van der Waals surface area contributed by atoms with Gasteiger partial charge in [0.25, 0.3) is 0 Å². The summed E-state index contributed by atoms with van der Waals surface area (Å²) in [5.41, 5.74) is 7.00. The number of amides is 1. The van der Waals surface area contributed by atoms with Gasteiger partial charge in [-0.05, 0) is 37.0 Å². The number of hydrogen-bond donors (Lipinski definition) is 3. The van der Waals surface area contributed by atoms with Gasteiger partial charge in [-0.15, -0.1) is 0 Å². The van der Waals surface area contributed by atoms with Crippen LogP contribution in [0.25, 0.3) is 0 Å². The fourth-order valence-electron chi connectivity index (χ4n) is 1.71. The molecule has 4 heteroatoms. The number of aliphatic hydroxyl groups excluding tert-OH is 1. The maximum atomic E-state index is 12.0. The van der Waals surface area contributed by atoms with E-state index in [-0.39, 0.29) is 12.5 Å². The van der Waals surface area contributed by atoms with Crippen LogP contribution in [0.5, 0.6) is 0 Å². The van der Waals surface area contributed by atoms with Crippen molar-refractivity contribution in [3.05, 3.63) is 29.8 Å². The van der Waals surface area contributed by atoms with Crippen LogP contribution in [0, 0.1) is 0 Å². The normalized spacial score (nSPS) is 11.3. The Kier molecular flexibility index (Phi) is 5.31. The van der Waals surface area contributed by atoms with E-state index in [0.29, 0.717) is 19.3 Å². The second-order valence-electron chi connectivity index (χ2n) is 4.49. The zero-order valence-electron chi connectivity index (χ0n) is 11.1. The lowest BCUT2D eigenvalue weighted by molar-refractivity contribution is -0.121. The summed E-state index contributed by atoms with van der Waals surface area (Å²) < 4.78 is 0. The van der Waals surface area contributed by atoms with Crippen molar-refractivity contribution in [3.63, 3.8) is 0 Å². The highest BCUT2D eigenvalue weighted by Crippen LogP contribution is 2.16. The van der Waals surface area contributed by atoms with Gasteiger partial charge in [-0.2, -0.15) is 0 Å². The highest BCUT2D eigenvalue weighted by atomic mass is 16.2. The molecular formula is C14H22N2O2. The third-order valence-corrected chi connectivity index (χ3v) is 3.33. The molecule has 1 amide bonds. The van der Waals surface area contributed by atoms with Crippen LogP contribution in [0.15, 0.2) is 24.3 Å². The first-order chi connectivity index (χ1) is 8.55. The van der Waals surface area contributed by atoms with Crippen molar-refractivity contribution in [2.45, 2.75) is 38.6 Å². The van der Waals surface area contributed by atoms with E-state index in [9.17, 15) is 4.79 Å². The van der Waals surface area contributed by atoms with Crippen molar-refractivity contribution in [3.8, 4) is 0 Å². The molecule has 0 aliphatic heterocycles. The smallest absolute Gasteiger partial charge is 0.244 e. The van der Waals surface area contributed by atoms with E-state index >= 15 is 0 Å². The minimum absolute atomic E-state index is 0.128. The molecule has 0 heterocycles. The molecule has 1 aromatic carbocycles. The first kappa shape index (κ1) is 14.7. The molecule has 0 aliphatic rings. The highest BCUT2D eigenvalue weighted by molar-refractivity contribution is 5.97. The molecule has 1 aromatic rings. The molecule has 0 unspecified atom stereocenters. The van der Waals surface area contributed by atoms with Gasteiger partial charge < -0.3 is 16.2 Å². The highest BCUT2D eigenvalue weighted by Gasteiger charge is 2.29. The number of carbonyl (C=O) groups is 1. The summed E-state index contributed by atoms with van der Waals surface area (Å²) in [6.45, 7) is 3.95. The Morgan fingerprint density at radius 1 is 1.28 bits per heavy atom. The van der Waals surface area contributed by atoms with Gasteiger partial charge >= 0.3 is 0 Å². The Balaban J connectivity index is 2.70. The van der Waals surface area contributed by atoms with Crippen LogP contribution in [0.4, 0.5) is 5.69 Å². The average Bonchev–Trinajstić information content (AvgIpc) is 2.40. The molecule has 0 aromatic heterocycles. The summed E-state index contributed by atoms with van der Waals surface area (Å²) >= 11 is 0. The molecule has 1 rings (SSSR count). The van der Waals surface area contributed by atoms with Crippen LogP contribution < -0.4 is 11.1 Å². The van der Waals surface area contributed by atoms with Crippen molar-refractivity contribution in [1.29, 1.82) is 0 Å². The van der Waals surface area contributed by atoms with Crippen molar-refractivity contribution < 1.29 is 9.90 Å². The number of carbonyl (C=O) groups excluding carboxylic acids is 1. The second-order valence-corrected chi connectivity index (χ2v) is 4.49. The maximum Gasteiger partial charge on any atom is 0.244 e. The van der Waals surface area contributed by atoms with Gasteiger partial charge in [0.2, 0.25) is 5.91 Å². The molecule has 0 saturated carbocycles. The Morgan fingerprint density at radius 2 is 1.83 bits per heavy atom. The minimum Gasteiger partial charge on any atom is -0.396 e. The van der Waals surface area contributed by atoms with E-state index in [0.717, 1.165) is 11.3 Å². The molecule has 4 N–H and O–H groups in total. The zero-order chi connectivity index (χ0) is 13.6. The number of anilines is 1. The summed E-state index contributed by atoms with van der Waals surface area (Å²) in [6.07, 6.45) is 1.84. The first-order valence-electron chi connectivity index (χ1n) is 6.36. The Labute approximate surface area is 108 Å². The quantitative estimate of drug-likeness (QED) is 0.719. The van der Waals surface area contributed by atoms with Gasteiger partial charge in [0.05, 0.1) is 5.54 Å². The Bertz CT molecular complexity index is 383. The molecular weight excluding hydrogens is 228 g/mol. The van der Waals surface area contributed by atoms with Gasteiger partial charge in [-0.1, -0.05) is 26.0 Å². The predicted octanol–water partition coefficient (Wildman–Crippen LogP) is 1.68. The number of rotatable bonds is 6. The molecule has 0 radical (unpaired) electrons. The first-order valence-corrected chi connectivity index (χ1v) is 6.36. The lowest BCUT2D eigenvalue weighted by Crippen LogP contribution is -2.50. The summed E-state index contributed by atoms with van der Waals surface area (Å²) in [5.74, 6) is -0.151. The lowest BCUT2D eigenvalue weighted by Gasteiger charge is -2.25. The molecule has 0 aliphatic carbocycles. The van der Waals surface area contributed by atoms with Crippen molar-refractivity contribution in [1.82, 2.24) is 0 Å². The van der Waals surface area contributed by atoms with Crippen LogP contribution in [-0.2, 0) is 11.2 Å². The van der Waals surface area contributed by atoms with E-state index in [4.69, 9.17) is 10.8 Å². The van der Waals surface area contributed by atoms with E-state index in [2.05, 4.69) is 5.32 Å². The van der Waals surface area contributed by atoms with E-state index in [1.54, 1.807) is 0 Å². The molecule has 18 heavy (non-hydrogen) atoms. The van der Waals surface area contributed by atoms with Gasteiger partial charge in [-0.25, -0.2) is 0 Å². The molecule has 0 saturated heterocycles. The van der Waals surface area contributed by atoms with Gasteiger partial charge in [-0.3, -0.25) is 4.79 Å². The van der Waals surface area contributed by atoms with Crippen LogP contribution >= 0.6 is 0 Å². The number of benzene rings is 1. The van der Waals surface area contributed by atoms with E-state index in [1.807, 2.05) is 38.1 Å². The fourth-order valence-corrected chi connectivity index (χ4v) is 1.71. The predicted molar refractivity (Wildman–Crippen MR) is 73.4 cm³/mol.